The number of hydrogen-bond acceptors (Lipinski definition) is 3. The van der Waals surface area contributed by atoms with E-state index in [1.165, 1.54) is 6.07 Å². The maximum Gasteiger partial charge on any atom is 0.340 e. The molecule has 0 saturated carbocycles. The molecule has 0 aliphatic rings. The van der Waals surface area contributed by atoms with E-state index in [9.17, 15) is 13.2 Å². The summed E-state index contributed by atoms with van der Waals surface area (Å²) in [4.78, 5) is 14.5. The lowest BCUT2D eigenvalue weighted by atomic mass is 10.2. The normalized spacial score (nSPS) is 11.9. The van der Waals surface area contributed by atoms with Crippen LogP contribution >= 0.6 is 23.2 Å². The van der Waals surface area contributed by atoms with E-state index in [0.29, 0.717) is 21.1 Å². The molecule has 0 radical (unpaired) electrons. The Bertz CT molecular complexity index is 1040. The first-order valence-electron chi connectivity index (χ1n) is 6.75. The summed E-state index contributed by atoms with van der Waals surface area (Å²) in [6.07, 6.45) is 0.210. The topological polar surface area (TPSA) is 71.9 Å². The molecule has 3 aromatic rings. The second-order valence-electron chi connectivity index (χ2n) is 5.01. The van der Waals surface area contributed by atoms with Gasteiger partial charge in [0.1, 0.15) is 0 Å². The van der Waals surface area contributed by atoms with Crippen LogP contribution in [-0.2, 0) is 16.4 Å². The Hall–Kier alpha value is -1.76. The highest BCUT2D eigenvalue weighted by Gasteiger charge is 2.20. The van der Waals surface area contributed by atoms with Crippen LogP contribution in [0.15, 0.2) is 47.3 Å². The summed E-state index contributed by atoms with van der Waals surface area (Å²) in [5.41, 5.74) is 0.660. The van der Waals surface area contributed by atoms with Gasteiger partial charge in [-0.1, -0.05) is 41.4 Å². The summed E-state index contributed by atoms with van der Waals surface area (Å²) in [6, 6.07) is 11.6. The van der Waals surface area contributed by atoms with E-state index in [4.69, 9.17) is 23.2 Å². The molecule has 120 valence electrons. The fourth-order valence-electron chi connectivity index (χ4n) is 2.36. The number of nitrogens with one attached hydrogen (secondary N) is 1. The van der Waals surface area contributed by atoms with Crippen molar-refractivity contribution in [3.05, 3.63) is 68.6 Å². The van der Waals surface area contributed by atoms with Gasteiger partial charge in [0.2, 0.25) is 10.0 Å². The van der Waals surface area contributed by atoms with Gasteiger partial charge in [0.05, 0.1) is 16.8 Å². The number of benzene rings is 2. The quantitative estimate of drug-likeness (QED) is 0.766. The summed E-state index contributed by atoms with van der Waals surface area (Å²) < 4.78 is 25.9. The molecule has 1 N–H and O–H groups in total. The number of aromatic amines is 1. The van der Waals surface area contributed by atoms with Crippen molar-refractivity contribution >= 4 is 44.3 Å². The van der Waals surface area contributed by atoms with Crippen LogP contribution in [0.1, 0.15) is 5.56 Å². The Morgan fingerprint density at radius 3 is 2.57 bits per heavy atom. The van der Waals surface area contributed by atoms with Crippen LogP contribution in [0.25, 0.3) is 11.0 Å². The molecule has 1 aromatic heterocycles. The number of rotatable bonds is 4. The second-order valence-corrected chi connectivity index (χ2v) is 7.79. The van der Waals surface area contributed by atoms with Gasteiger partial charge in [0.25, 0.3) is 0 Å². The third-order valence-corrected chi connectivity index (χ3v) is 5.71. The molecular formula is C15H12Cl2N2O3S. The van der Waals surface area contributed by atoms with Gasteiger partial charge < -0.3 is 4.98 Å². The number of nitrogens with zero attached hydrogens (tertiary/aromatic N) is 1. The van der Waals surface area contributed by atoms with E-state index >= 15 is 0 Å². The van der Waals surface area contributed by atoms with Crippen LogP contribution < -0.4 is 5.69 Å². The molecule has 5 nitrogen and oxygen atoms in total. The zero-order valence-electron chi connectivity index (χ0n) is 11.8. The summed E-state index contributed by atoms with van der Waals surface area (Å²) in [6.45, 7) is 0. The first kappa shape index (κ1) is 16.1. The lowest BCUT2D eigenvalue weighted by molar-refractivity contribution is 0.586. The van der Waals surface area contributed by atoms with Crippen LogP contribution in [0.5, 0.6) is 0 Å². The number of imidazole rings is 1. The predicted molar refractivity (Wildman–Crippen MR) is 91.9 cm³/mol. The van der Waals surface area contributed by atoms with Crippen LogP contribution in [0.3, 0.4) is 0 Å². The third-order valence-electron chi connectivity index (χ3n) is 3.47. The van der Waals surface area contributed by atoms with Crippen molar-refractivity contribution in [3.8, 4) is 0 Å². The summed E-state index contributed by atoms with van der Waals surface area (Å²) >= 11 is 11.9. The van der Waals surface area contributed by atoms with Crippen LogP contribution in [0.2, 0.25) is 10.0 Å². The summed E-state index contributed by atoms with van der Waals surface area (Å²) in [5, 5.41) is 0.851. The fraction of sp³-hybridized carbons (Fsp3) is 0.133. The third kappa shape index (κ3) is 3.15. The van der Waals surface area contributed by atoms with Gasteiger partial charge in [0.15, 0.2) is 0 Å². The van der Waals surface area contributed by atoms with Crippen molar-refractivity contribution in [2.75, 3.05) is 5.75 Å². The van der Waals surface area contributed by atoms with E-state index in [1.807, 2.05) is 0 Å². The molecule has 0 amide bonds. The number of hydrogen-bond donors (Lipinski definition) is 1. The Morgan fingerprint density at radius 1 is 1.09 bits per heavy atom. The number of aryl methyl sites for hydroxylation is 1. The van der Waals surface area contributed by atoms with Crippen LogP contribution in [-0.4, -0.2) is 23.1 Å². The summed E-state index contributed by atoms with van der Waals surface area (Å²) in [7, 11) is -3.85. The lowest BCUT2D eigenvalue weighted by Gasteiger charge is -2.07. The average molecular weight is 371 g/mol. The highest BCUT2D eigenvalue weighted by atomic mass is 35.5. The van der Waals surface area contributed by atoms with Gasteiger partial charge in [-0.25, -0.2) is 13.2 Å². The molecule has 0 fully saturated rings. The van der Waals surface area contributed by atoms with Gasteiger partial charge >= 0.3 is 5.69 Å². The van der Waals surface area contributed by atoms with E-state index in [-0.39, 0.29) is 17.7 Å². The van der Waals surface area contributed by atoms with Gasteiger partial charge in [-0.15, -0.1) is 0 Å². The molecule has 0 bridgehead atoms. The molecule has 0 saturated heterocycles. The number of H-pyrrole nitrogens is 1. The number of fused-ring (bicyclic) bond motifs is 1. The highest BCUT2D eigenvalue weighted by molar-refractivity contribution is 7.90. The van der Waals surface area contributed by atoms with Crippen LogP contribution in [0.4, 0.5) is 0 Å². The molecule has 0 atom stereocenters. The molecule has 23 heavy (non-hydrogen) atoms. The zero-order chi connectivity index (χ0) is 16.6. The number of aromatic nitrogens is 2. The fourth-order valence-corrected chi connectivity index (χ4v) is 4.17. The molecule has 2 aromatic carbocycles. The van der Waals surface area contributed by atoms with Gasteiger partial charge in [-0.2, -0.15) is 3.97 Å². The minimum Gasteiger partial charge on any atom is -0.305 e. The number of halogens is 2. The minimum atomic E-state index is -3.85. The van der Waals surface area contributed by atoms with Crippen LogP contribution in [0, 0.1) is 0 Å². The lowest BCUT2D eigenvalue weighted by Crippen LogP contribution is -2.28. The van der Waals surface area contributed by atoms with Gasteiger partial charge in [-0.05, 0) is 36.2 Å². The Balaban J connectivity index is 2.00. The van der Waals surface area contributed by atoms with E-state index in [0.717, 1.165) is 3.97 Å². The van der Waals surface area contributed by atoms with Gasteiger partial charge in [0, 0.05) is 10.0 Å². The molecule has 1 heterocycles. The molecule has 0 spiro atoms. The van der Waals surface area contributed by atoms with Crippen molar-refractivity contribution in [1.29, 1.82) is 0 Å². The molecule has 8 heteroatoms. The van der Waals surface area contributed by atoms with Crippen molar-refractivity contribution in [2.45, 2.75) is 6.42 Å². The largest absolute Gasteiger partial charge is 0.340 e. The second kappa shape index (κ2) is 6.03. The maximum absolute atomic E-state index is 12.6. The Kier molecular flexibility index (Phi) is 4.23. The van der Waals surface area contributed by atoms with Crippen molar-refractivity contribution < 1.29 is 8.42 Å². The summed E-state index contributed by atoms with van der Waals surface area (Å²) in [5.74, 6) is -0.240. The smallest absolute Gasteiger partial charge is 0.305 e. The maximum atomic E-state index is 12.6. The Morgan fingerprint density at radius 2 is 1.83 bits per heavy atom. The molecule has 0 aliphatic carbocycles. The molecule has 3 rings (SSSR count). The van der Waals surface area contributed by atoms with E-state index in [1.54, 1.807) is 36.4 Å². The van der Waals surface area contributed by atoms with Crippen molar-refractivity contribution in [1.82, 2.24) is 8.96 Å². The predicted octanol–water partition coefficient (Wildman–Crippen LogP) is 3.06. The molecule has 0 unspecified atom stereocenters. The molecule has 0 aliphatic heterocycles. The van der Waals surface area contributed by atoms with Crippen molar-refractivity contribution in [3.63, 3.8) is 0 Å². The van der Waals surface area contributed by atoms with E-state index in [2.05, 4.69) is 4.98 Å². The zero-order valence-corrected chi connectivity index (χ0v) is 14.1. The standard InChI is InChI=1S/C15H12Cl2N2O3S/c16-11-5-6-13-14(9-11)19(15(20)18-13)23(21,22)8-7-10-3-1-2-4-12(10)17/h1-6,9H,7-8H2,(H,18,20). The first-order valence-corrected chi connectivity index (χ1v) is 9.12. The Labute approximate surface area is 142 Å². The highest BCUT2D eigenvalue weighted by Crippen LogP contribution is 2.20. The average Bonchev–Trinajstić information content (AvgIpc) is 2.82. The SMILES string of the molecule is O=c1[nH]c2ccc(Cl)cc2n1S(=O)(=O)CCc1ccccc1Cl. The monoisotopic (exact) mass is 370 g/mol. The molecular weight excluding hydrogens is 359 g/mol. The van der Waals surface area contributed by atoms with Gasteiger partial charge in [-0.3, -0.25) is 0 Å². The first-order chi connectivity index (χ1) is 10.9. The van der Waals surface area contributed by atoms with E-state index < -0.39 is 15.7 Å². The minimum absolute atomic E-state index is 0.210. The van der Waals surface area contributed by atoms with Crippen molar-refractivity contribution in [2.24, 2.45) is 0 Å².